The number of benzene rings is 1. The fourth-order valence-electron chi connectivity index (χ4n) is 2.07. The number of rotatable bonds is 4. The van der Waals surface area contributed by atoms with Crippen molar-refractivity contribution in [3.05, 3.63) is 29.8 Å². The molecule has 0 aromatic heterocycles. The Morgan fingerprint density at radius 3 is 2.71 bits per heavy atom. The van der Waals surface area contributed by atoms with Crippen molar-refractivity contribution < 1.29 is 18.3 Å². The molecule has 1 aliphatic heterocycles. The summed E-state index contributed by atoms with van der Waals surface area (Å²) in [5.74, 6) is -1.80. The van der Waals surface area contributed by atoms with Crippen molar-refractivity contribution in [1.82, 2.24) is 10.6 Å². The van der Waals surface area contributed by atoms with Crippen LogP contribution in [0.2, 0.25) is 0 Å². The molecule has 0 bridgehead atoms. The molecule has 0 radical (unpaired) electrons. The lowest BCUT2D eigenvalue weighted by atomic mass is 10.1. The van der Waals surface area contributed by atoms with Crippen molar-refractivity contribution in [3.63, 3.8) is 0 Å². The zero-order valence-electron chi connectivity index (χ0n) is 11.2. The summed E-state index contributed by atoms with van der Waals surface area (Å²) in [7, 11) is 0. The standard InChI is InChI=1S/C14H15F2N3O2/c15-14(16,13(20)19-11-5-7-18-8-6-11)21-12-4-2-1-3-10(12)9-17/h1-4,11,18H,5-8H2,(H,19,20). The topological polar surface area (TPSA) is 74.1 Å². The first-order valence-electron chi connectivity index (χ1n) is 6.60. The number of para-hydroxylation sites is 1. The molecule has 0 unspecified atom stereocenters. The van der Waals surface area contributed by atoms with Gasteiger partial charge in [-0.3, -0.25) is 4.79 Å². The molecular formula is C14H15F2N3O2. The number of carbonyl (C=O) groups excluding carboxylic acids is 1. The van der Waals surface area contributed by atoms with Gasteiger partial charge in [0.25, 0.3) is 0 Å². The van der Waals surface area contributed by atoms with Crippen LogP contribution in [0.5, 0.6) is 5.75 Å². The summed E-state index contributed by atoms with van der Waals surface area (Å²) >= 11 is 0. The third-order valence-corrected chi connectivity index (χ3v) is 3.18. The van der Waals surface area contributed by atoms with E-state index in [1.165, 1.54) is 24.3 Å². The highest BCUT2D eigenvalue weighted by Crippen LogP contribution is 2.25. The minimum absolute atomic E-state index is 0.0492. The smallest absolute Gasteiger partial charge is 0.424 e. The van der Waals surface area contributed by atoms with Gasteiger partial charge in [0.15, 0.2) is 0 Å². The average molecular weight is 295 g/mol. The lowest BCUT2D eigenvalue weighted by Crippen LogP contribution is -2.51. The van der Waals surface area contributed by atoms with Crippen molar-refractivity contribution in [1.29, 1.82) is 5.26 Å². The summed E-state index contributed by atoms with van der Waals surface area (Å²) in [6, 6.07) is 7.00. The van der Waals surface area contributed by atoms with Crippen LogP contribution in [0, 0.1) is 11.3 Å². The van der Waals surface area contributed by atoms with E-state index >= 15 is 0 Å². The van der Waals surface area contributed by atoms with Gasteiger partial charge < -0.3 is 15.4 Å². The first kappa shape index (κ1) is 15.2. The Hall–Kier alpha value is -2.20. The lowest BCUT2D eigenvalue weighted by Gasteiger charge is -2.26. The number of carbonyl (C=O) groups is 1. The second kappa shape index (κ2) is 6.50. The Morgan fingerprint density at radius 1 is 1.38 bits per heavy atom. The van der Waals surface area contributed by atoms with E-state index in [1.807, 2.05) is 0 Å². The van der Waals surface area contributed by atoms with E-state index in [1.54, 1.807) is 6.07 Å². The van der Waals surface area contributed by atoms with E-state index in [0.29, 0.717) is 25.9 Å². The van der Waals surface area contributed by atoms with Crippen LogP contribution in [0.25, 0.3) is 0 Å². The summed E-state index contributed by atoms with van der Waals surface area (Å²) in [5.41, 5.74) is -0.0492. The van der Waals surface area contributed by atoms with Gasteiger partial charge >= 0.3 is 12.0 Å². The van der Waals surface area contributed by atoms with E-state index in [2.05, 4.69) is 15.4 Å². The number of nitrogens with zero attached hydrogens (tertiary/aromatic N) is 1. The lowest BCUT2D eigenvalue weighted by molar-refractivity contribution is -0.193. The highest BCUT2D eigenvalue weighted by molar-refractivity contribution is 5.82. The van der Waals surface area contributed by atoms with Gasteiger partial charge in [0.2, 0.25) is 0 Å². The third kappa shape index (κ3) is 3.89. The van der Waals surface area contributed by atoms with Gasteiger partial charge in [-0.1, -0.05) is 12.1 Å². The molecule has 0 aliphatic carbocycles. The fourth-order valence-corrected chi connectivity index (χ4v) is 2.07. The molecule has 5 nitrogen and oxygen atoms in total. The SMILES string of the molecule is N#Cc1ccccc1OC(F)(F)C(=O)NC1CCNCC1. The number of nitrogens with one attached hydrogen (secondary N) is 2. The number of hydrogen-bond acceptors (Lipinski definition) is 4. The largest absolute Gasteiger partial charge is 0.482 e. The molecule has 0 saturated carbocycles. The highest BCUT2D eigenvalue weighted by Gasteiger charge is 2.43. The van der Waals surface area contributed by atoms with Gasteiger partial charge in [0.1, 0.15) is 11.8 Å². The Bertz CT molecular complexity index is 551. The summed E-state index contributed by atoms with van der Waals surface area (Å²) in [5, 5.41) is 14.2. The quantitative estimate of drug-likeness (QED) is 0.880. The molecular weight excluding hydrogens is 280 g/mol. The van der Waals surface area contributed by atoms with Crippen LogP contribution < -0.4 is 15.4 Å². The van der Waals surface area contributed by atoms with Gasteiger partial charge in [-0.2, -0.15) is 14.0 Å². The van der Waals surface area contributed by atoms with Crippen LogP contribution in [0.1, 0.15) is 18.4 Å². The van der Waals surface area contributed by atoms with E-state index < -0.39 is 12.0 Å². The number of alkyl halides is 2. The van der Waals surface area contributed by atoms with E-state index in [0.717, 1.165) is 0 Å². The Labute approximate surface area is 120 Å². The predicted octanol–water partition coefficient (Wildman–Crippen LogP) is 1.40. The van der Waals surface area contributed by atoms with Gasteiger partial charge in [0, 0.05) is 6.04 Å². The van der Waals surface area contributed by atoms with Crippen LogP contribution in [0.15, 0.2) is 24.3 Å². The maximum Gasteiger partial charge on any atom is 0.482 e. The summed E-state index contributed by atoms with van der Waals surface area (Å²) in [6.45, 7) is 1.35. The number of nitriles is 1. The van der Waals surface area contributed by atoms with Crippen LogP contribution in [0.4, 0.5) is 8.78 Å². The van der Waals surface area contributed by atoms with Crippen molar-refractivity contribution in [2.75, 3.05) is 13.1 Å². The summed E-state index contributed by atoms with van der Waals surface area (Å²) in [6.07, 6.45) is -2.83. The average Bonchev–Trinajstić information content (AvgIpc) is 2.48. The normalized spacial score (nSPS) is 16.0. The first-order valence-corrected chi connectivity index (χ1v) is 6.60. The van der Waals surface area contributed by atoms with Crippen molar-refractivity contribution >= 4 is 5.91 Å². The second-order valence-electron chi connectivity index (χ2n) is 4.72. The van der Waals surface area contributed by atoms with Gasteiger partial charge in [-0.25, -0.2) is 0 Å². The van der Waals surface area contributed by atoms with Crippen LogP contribution in [0.3, 0.4) is 0 Å². The maximum atomic E-state index is 13.8. The van der Waals surface area contributed by atoms with Crippen LogP contribution >= 0.6 is 0 Å². The molecule has 1 saturated heterocycles. The van der Waals surface area contributed by atoms with Gasteiger partial charge in [-0.05, 0) is 38.1 Å². The molecule has 1 aliphatic rings. The van der Waals surface area contributed by atoms with Crippen LogP contribution in [-0.4, -0.2) is 31.1 Å². The molecule has 0 spiro atoms. The zero-order valence-corrected chi connectivity index (χ0v) is 11.2. The molecule has 21 heavy (non-hydrogen) atoms. The molecule has 1 heterocycles. The van der Waals surface area contributed by atoms with E-state index in [9.17, 15) is 13.6 Å². The monoisotopic (exact) mass is 295 g/mol. The fraction of sp³-hybridized carbons (Fsp3) is 0.429. The summed E-state index contributed by atoms with van der Waals surface area (Å²) < 4.78 is 32.1. The summed E-state index contributed by atoms with van der Waals surface area (Å²) in [4.78, 5) is 11.6. The second-order valence-corrected chi connectivity index (χ2v) is 4.72. The molecule has 1 fully saturated rings. The Kier molecular flexibility index (Phi) is 4.70. The van der Waals surface area contributed by atoms with Gasteiger partial charge in [0.05, 0.1) is 5.56 Å². The van der Waals surface area contributed by atoms with Crippen molar-refractivity contribution in [2.24, 2.45) is 0 Å². The minimum atomic E-state index is -4.02. The number of piperidine rings is 1. The number of halogens is 2. The van der Waals surface area contributed by atoms with E-state index in [-0.39, 0.29) is 17.4 Å². The zero-order chi connectivity index (χ0) is 15.3. The molecule has 112 valence electrons. The van der Waals surface area contributed by atoms with E-state index in [4.69, 9.17) is 5.26 Å². The molecule has 2 N–H and O–H groups in total. The first-order chi connectivity index (χ1) is 10.0. The molecule has 0 atom stereocenters. The molecule has 2 rings (SSSR count). The van der Waals surface area contributed by atoms with Crippen molar-refractivity contribution in [2.45, 2.75) is 25.0 Å². The number of hydrogen-bond donors (Lipinski definition) is 2. The van der Waals surface area contributed by atoms with Crippen LogP contribution in [-0.2, 0) is 4.79 Å². The Morgan fingerprint density at radius 2 is 2.05 bits per heavy atom. The molecule has 1 amide bonds. The highest BCUT2D eigenvalue weighted by atomic mass is 19.3. The number of amides is 1. The molecule has 1 aromatic carbocycles. The predicted molar refractivity (Wildman–Crippen MR) is 70.8 cm³/mol. The number of ether oxygens (including phenoxy) is 1. The Balaban J connectivity index is 2.03. The maximum absolute atomic E-state index is 13.8. The molecule has 7 heteroatoms. The molecule has 1 aromatic rings. The van der Waals surface area contributed by atoms with Gasteiger partial charge in [-0.15, -0.1) is 0 Å². The van der Waals surface area contributed by atoms with Crippen molar-refractivity contribution in [3.8, 4) is 11.8 Å². The third-order valence-electron chi connectivity index (χ3n) is 3.18. The minimum Gasteiger partial charge on any atom is -0.424 e.